The summed E-state index contributed by atoms with van der Waals surface area (Å²) in [5.74, 6) is -3.00. The summed E-state index contributed by atoms with van der Waals surface area (Å²) in [5.41, 5.74) is 1.29. The highest BCUT2D eigenvalue weighted by molar-refractivity contribution is 6.00. The highest BCUT2D eigenvalue weighted by Gasteiger charge is 2.15. The number of aromatic carboxylic acids is 1. The first-order valence-electron chi connectivity index (χ1n) is 6.05. The van der Waals surface area contributed by atoms with Gasteiger partial charge in [0.05, 0.1) is 12.1 Å². The zero-order valence-corrected chi connectivity index (χ0v) is 10.6. The number of para-hydroxylation sites is 1. The monoisotopic (exact) mass is 289 g/mol. The molecule has 21 heavy (non-hydrogen) atoms. The molecule has 7 heteroatoms. The van der Waals surface area contributed by atoms with Crippen LogP contribution in [0.3, 0.4) is 0 Å². The first-order chi connectivity index (χ1) is 10.1. The molecule has 0 atom stereocenters. The van der Waals surface area contributed by atoms with Crippen molar-refractivity contribution in [1.82, 2.24) is 15.0 Å². The van der Waals surface area contributed by atoms with E-state index in [1.807, 2.05) is 0 Å². The summed E-state index contributed by atoms with van der Waals surface area (Å²) in [6.45, 7) is 0.0952. The van der Waals surface area contributed by atoms with Crippen molar-refractivity contribution in [2.75, 3.05) is 0 Å². The van der Waals surface area contributed by atoms with Crippen molar-refractivity contribution < 1.29 is 18.7 Å². The van der Waals surface area contributed by atoms with E-state index in [9.17, 15) is 18.7 Å². The van der Waals surface area contributed by atoms with Gasteiger partial charge in [0.15, 0.2) is 11.6 Å². The van der Waals surface area contributed by atoms with E-state index < -0.39 is 17.6 Å². The van der Waals surface area contributed by atoms with Gasteiger partial charge in [-0.05, 0) is 29.8 Å². The van der Waals surface area contributed by atoms with Crippen molar-refractivity contribution in [2.45, 2.75) is 6.54 Å². The average molecular weight is 289 g/mol. The van der Waals surface area contributed by atoms with Crippen LogP contribution in [-0.4, -0.2) is 26.1 Å². The molecule has 5 nitrogen and oxygen atoms in total. The quantitative estimate of drug-likeness (QED) is 0.804. The normalized spacial score (nSPS) is 11.0. The summed E-state index contributed by atoms with van der Waals surface area (Å²) in [6.07, 6.45) is 0. The van der Waals surface area contributed by atoms with Gasteiger partial charge in [0.25, 0.3) is 0 Å². The molecule has 1 aromatic heterocycles. The maximum absolute atomic E-state index is 13.2. The van der Waals surface area contributed by atoms with E-state index in [0.29, 0.717) is 16.6 Å². The summed E-state index contributed by atoms with van der Waals surface area (Å²) in [6, 6.07) is 8.12. The van der Waals surface area contributed by atoms with Crippen LogP contribution >= 0.6 is 0 Å². The lowest BCUT2D eigenvalue weighted by atomic mass is 10.1. The third-order valence-electron chi connectivity index (χ3n) is 3.08. The van der Waals surface area contributed by atoms with Crippen LogP contribution in [0, 0.1) is 11.6 Å². The van der Waals surface area contributed by atoms with Crippen LogP contribution in [0.15, 0.2) is 36.4 Å². The lowest BCUT2D eigenvalue weighted by Crippen LogP contribution is -2.06. The fraction of sp³-hybridized carbons (Fsp3) is 0.0714. The van der Waals surface area contributed by atoms with Gasteiger partial charge in [0, 0.05) is 0 Å². The van der Waals surface area contributed by atoms with Gasteiger partial charge < -0.3 is 5.11 Å². The molecule has 0 spiro atoms. The number of carbonyl (C=O) groups is 1. The van der Waals surface area contributed by atoms with Crippen molar-refractivity contribution in [3.63, 3.8) is 0 Å². The molecule has 0 aliphatic rings. The Morgan fingerprint density at radius 1 is 1.19 bits per heavy atom. The van der Waals surface area contributed by atoms with Crippen LogP contribution in [0.1, 0.15) is 15.9 Å². The van der Waals surface area contributed by atoms with Gasteiger partial charge in [-0.2, -0.15) is 0 Å². The molecular formula is C14H9F2N3O2. The molecular weight excluding hydrogens is 280 g/mol. The second-order valence-electron chi connectivity index (χ2n) is 4.47. The second-order valence-corrected chi connectivity index (χ2v) is 4.47. The Kier molecular flexibility index (Phi) is 3.09. The highest BCUT2D eigenvalue weighted by Crippen LogP contribution is 2.18. The maximum atomic E-state index is 13.2. The second kappa shape index (κ2) is 4.93. The molecule has 1 heterocycles. The SMILES string of the molecule is O=C(O)c1cccc2nnn(Cc3ccc(F)c(F)c3)c12. The molecule has 0 amide bonds. The standard InChI is InChI=1S/C14H9F2N3O2/c15-10-5-4-8(6-11(10)16)7-19-13-9(14(20)21)2-1-3-12(13)17-18-19/h1-6H,7H2,(H,20,21). The predicted molar refractivity (Wildman–Crippen MR) is 69.9 cm³/mol. The van der Waals surface area contributed by atoms with Crippen molar-refractivity contribution in [3.05, 3.63) is 59.2 Å². The van der Waals surface area contributed by atoms with Gasteiger partial charge in [-0.25, -0.2) is 18.3 Å². The van der Waals surface area contributed by atoms with E-state index in [1.54, 1.807) is 12.1 Å². The Hall–Kier alpha value is -2.83. The van der Waals surface area contributed by atoms with Gasteiger partial charge in [-0.1, -0.05) is 17.3 Å². The summed E-state index contributed by atoms with van der Waals surface area (Å²) in [4.78, 5) is 11.2. The first-order valence-corrected chi connectivity index (χ1v) is 6.05. The van der Waals surface area contributed by atoms with Crippen molar-refractivity contribution >= 4 is 17.0 Å². The van der Waals surface area contributed by atoms with Crippen molar-refractivity contribution in [3.8, 4) is 0 Å². The first kappa shape index (κ1) is 13.2. The smallest absolute Gasteiger partial charge is 0.337 e. The molecule has 0 saturated heterocycles. The number of benzene rings is 2. The average Bonchev–Trinajstić information content (AvgIpc) is 2.86. The summed E-state index contributed by atoms with van der Waals surface area (Å²) in [5, 5.41) is 16.9. The molecule has 2 aromatic carbocycles. The molecule has 3 rings (SSSR count). The van der Waals surface area contributed by atoms with Crippen LogP contribution in [0.5, 0.6) is 0 Å². The molecule has 3 aromatic rings. The Bertz CT molecular complexity index is 845. The van der Waals surface area contributed by atoms with E-state index in [0.717, 1.165) is 12.1 Å². The van der Waals surface area contributed by atoms with Gasteiger partial charge in [0.1, 0.15) is 11.0 Å². The molecule has 0 aliphatic carbocycles. The fourth-order valence-corrected chi connectivity index (χ4v) is 2.12. The molecule has 106 valence electrons. The largest absolute Gasteiger partial charge is 0.478 e. The lowest BCUT2D eigenvalue weighted by Gasteiger charge is -2.05. The number of aromatic nitrogens is 3. The highest BCUT2D eigenvalue weighted by atomic mass is 19.2. The number of carboxylic acid groups (broad SMARTS) is 1. The number of carboxylic acids is 1. The third kappa shape index (κ3) is 2.33. The summed E-state index contributed by atoms with van der Waals surface area (Å²) < 4.78 is 27.5. The third-order valence-corrected chi connectivity index (χ3v) is 3.08. The molecule has 0 radical (unpaired) electrons. The Labute approximate surface area is 117 Å². The number of nitrogens with zero attached hydrogens (tertiary/aromatic N) is 3. The van der Waals surface area contributed by atoms with Gasteiger partial charge in [0.2, 0.25) is 0 Å². The van der Waals surface area contributed by atoms with Crippen LogP contribution < -0.4 is 0 Å². The maximum Gasteiger partial charge on any atom is 0.337 e. The zero-order valence-electron chi connectivity index (χ0n) is 10.6. The van der Waals surface area contributed by atoms with Gasteiger partial charge in [-0.15, -0.1) is 5.10 Å². The zero-order chi connectivity index (χ0) is 15.0. The minimum atomic E-state index is -1.10. The number of hydrogen-bond acceptors (Lipinski definition) is 3. The Morgan fingerprint density at radius 2 is 2.00 bits per heavy atom. The fourth-order valence-electron chi connectivity index (χ4n) is 2.12. The molecule has 0 aliphatic heterocycles. The van der Waals surface area contributed by atoms with E-state index >= 15 is 0 Å². The lowest BCUT2D eigenvalue weighted by molar-refractivity contribution is 0.0698. The number of hydrogen-bond donors (Lipinski definition) is 1. The van der Waals surface area contributed by atoms with Crippen LogP contribution in [-0.2, 0) is 6.54 Å². The van der Waals surface area contributed by atoms with E-state index in [1.165, 1.54) is 16.8 Å². The van der Waals surface area contributed by atoms with E-state index in [4.69, 9.17) is 0 Å². The van der Waals surface area contributed by atoms with Crippen LogP contribution in [0.25, 0.3) is 11.0 Å². The molecule has 0 fully saturated rings. The number of fused-ring (bicyclic) bond motifs is 1. The molecule has 0 unspecified atom stereocenters. The predicted octanol–water partition coefficient (Wildman–Crippen LogP) is 2.46. The van der Waals surface area contributed by atoms with E-state index in [2.05, 4.69) is 10.3 Å². The minimum Gasteiger partial charge on any atom is -0.478 e. The summed E-state index contributed by atoms with van der Waals surface area (Å²) >= 11 is 0. The Morgan fingerprint density at radius 3 is 2.71 bits per heavy atom. The minimum absolute atomic E-state index is 0.0556. The topological polar surface area (TPSA) is 68.0 Å². The van der Waals surface area contributed by atoms with Crippen molar-refractivity contribution in [2.24, 2.45) is 0 Å². The summed E-state index contributed by atoms with van der Waals surface area (Å²) in [7, 11) is 0. The van der Waals surface area contributed by atoms with Gasteiger partial charge >= 0.3 is 5.97 Å². The van der Waals surface area contributed by atoms with Gasteiger partial charge in [-0.3, -0.25) is 0 Å². The Balaban J connectivity index is 2.08. The van der Waals surface area contributed by atoms with Crippen LogP contribution in [0.2, 0.25) is 0 Å². The van der Waals surface area contributed by atoms with E-state index in [-0.39, 0.29) is 12.1 Å². The number of rotatable bonds is 3. The number of halogens is 2. The molecule has 0 saturated carbocycles. The molecule has 1 N–H and O–H groups in total. The molecule has 0 bridgehead atoms. The van der Waals surface area contributed by atoms with Crippen LogP contribution in [0.4, 0.5) is 8.78 Å². The van der Waals surface area contributed by atoms with Crippen molar-refractivity contribution in [1.29, 1.82) is 0 Å².